The van der Waals surface area contributed by atoms with Gasteiger partial charge in [-0.25, -0.2) is 0 Å². The van der Waals surface area contributed by atoms with Crippen molar-refractivity contribution in [1.82, 2.24) is 5.32 Å². The van der Waals surface area contributed by atoms with Gasteiger partial charge in [-0.2, -0.15) is 0 Å². The molecule has 0 aromatic heterocycles. The second kappa shape index (κ2) is 4.13. The minimum Gasteiger partial charge on any atom is -0.393 e. The minimum atomic E-state index is -0.153. The molecule has 66 valence electrons. The predicted molar refractivity (Wildman–Crippen MR) is 45.2 cm³/mol. The van der Waals surface area contributed by atoms with Crippen LogP contribution in [0.15, 0.2) is 0 Å². The summed E-state index contributed by atoms with van der Waals surface area (Å²) >= 11 is 0. The summed E-state index contributed by atoms with van der Waals surface area (Å²) in [6.45, 7) is 0.650. The fourth-order valence-electron chi connectivity index (χ4n) is 1.28. The summed E-state index contributed by atoms with van der Waals surface area (Å²) in [6, 6.07) is 0. The Morgan fingerprint density at radius 3 is 2.83 bits per heavy atom. The van der Waals surface area contributed by atoms with Gasteiger partial charge in [0.15, 0.2) is 0 Å². The Hall–Kier alpha value is -1.01. The van der Waals surface area contributed by atoms with E-state index in [4.69, 9.17) is 11.5 Å². The molecule has 1 aliphatic carbocycles. The SMILES string of the molecule is C#CCC(=O)NCC1CC(O)C1. The third kappa shape index (κ3) is 2.55. The lowest BCUT2D eigenvalue weighted by Gasteiger charge is -2.31. The third-order valence-corrected chi connectivity index (χ3v) is 2.06. The smallest absolute Gasteiger partial charge is 0.232 e. The summed E-state index contributed by atoms with van der Waals surface area (Å²) in [7, 11) is 0. The first kappa shape index (κ1) is 9.08. The normalized spacial score (nSPS) is 27.0. The van der Waals surface area contributed by atoms with Crippen molar-refractivity contribution in [3.63, 3.8) is 0 Å². The van der Waals surface area contributed by atoms with Crippen LogP contribution in [0.3, 0.4) is 0 Å². The molecule has 1 amide bonds. The van der Waals surface area contributed by atoms with E-state index >= 15 is 0 Å². The van der Waals surface area contributed by atoms with Crippen molar-refractivity contribution in [3.8, 4) is 12.3 Å². The van der Waals surface area contributed by atoms with E-state index in [9.17, 15) is 4.79 Å². The molecule has 0 aliphatic heterocycles. The van der Waals surface area contributed by atoms with Crippen LogP contribution in [-0.2, 0) is 4.79 Å². The van der Waals surface area contributed by atoms with E-state index in [0.29, 0.717) is 12.5 Å². The zero-order chi connectivity index (χ0) is 8.97. The second-order valence-electron chi connectivity index (χ2n) is 3.18. The molecule has 0 radical (unpaired) electrons. The first-order valence-corrected chi connectivity index (χ1v) is 4.10. The number of aliphatic hydroxyl groups excluding tert-OH is 1. The van der Waals surface area contributed by atoms with E-state index in [0.717, 1.165) is 12.8 Å². The number of carbonyl (C=O) groups excluding carboxylic acids is 1. The van der Waals surface area contributed by atoms with Gasteiger partial charge in [-0.3, -0.25) is 4.79 Å². The molecule has 3 nitrogen and oxygen atoms in total. The molecule has 1 rings (SSSR count). The van der Waals surface area contributed by atoms with Gasteiger partial charge in [0, 0.05) is 6.54 Å². The summed E-state index contributed by atoms with van der Waals surface area (Å²) in [5.74, 6) is 2.62. The maximum absolute atomic E-state index is 10.9. The maximum Gasteiger partial charge on any atom is 0.232 e. The Bertz CT molecular complexity index is 201. The van der Waals surface area contributed by atoms with Gasteiger partial charge in [0.05, 0.1) is 12.5 Å². The fourth-order valence-corrected chi connectivity index (χ4v) is 1.28. The Labute approximate surface area is 72.2 Å². The Balaban J connectivity index is 2.03. The summed E-state index contributed by atoms with van der Waals surface area (Å²) in [5, 5.41) is 11.7. The van der Waals surface area contributed by atoms with Crippen LogP contribution in [0.4, 0.5) is 0 Å². The number of hydrogen-bond acceptors (Lipinski definition) is 2. The van der Waals surface area contributed by atoms with Crippen molar-refractivity contribution < 1.29 is 9.90 Å². The third-order valence-electron chi connectivity index (χ3n) is 2.06. The number of terminal acetylenes is 1. The number of carbonyl (C=O) groups is 1. The summed E-state index contributed by atoms with van der Waals surface area (Å²) in [6.07, 6.45) is 6.55. The molecular formula is C9H13NO2. The molecule has 0 unspecified atom stereocenters. The predicted octanol–water partition coefficient (Wildman–Crippen LogP) is -0.103. The molecule has 0 saturated heterocycles. The number of nitrogens with one attached hydrogen (secondary N) is 1. The Morgan fingerprint density at radius 1 is 1.67 bits per heavy atom. The van der Waals surface area contributed by atoms with Gasteiger partial charge in [0.25, 0.3) is 0 Å². The van der Waals surface area contributed by atoms with Gasteiger partial charge in [0.2, 0.25) is 5.91 Å². The van der Waals surface area contributed by atoms with Crippen molar-refractivity contribution in [2.45, 2.75) is 25.4 Å². The van der Waals surface area contributed by atoms with Gasteiger partial charge in [-0.1, -0.05) is 5.92 Å². The van der Waals surface area contributed by atoms with Crippen LogP contribution in [0.2, 0.25) is 0 Å². The molecule has 12 heavy (non-hydrogen) atoms. The minimum absolute atomic E-state index is 0.0983. The van der Waals surface area contributed by atoms with Gasteiger partial charge in [-0.15, -0.1) is 6.42 Å². The molecule has 1 fully saturated rings. The van der Waals surface area contributed by atoms with E-state index in [1.54, 1.807) is 0 Å². The average Bonchev–Trinajstić information content (AvgIpc) is 1.96. The topological polar surface area (TPSA) is 49.3 Å². The van der Waals surface area contributed by atoms with E-state index in [-0.39, 0.29) is 18.4 Å². The van der Waals surface area contributed by atoms with Crippen LogP contribution in [-0.4, -0.2) is 23.7 Å². The van der Waals surface area contributed by atoms with Crippen molar-refractivity contribution in [1.29, 1.82) is 0 Å². The monoisotopic (exact) mass is 167 g/mol. The molecular weight excluding hydrogens is 154 g/mol. The van der Waals surface area contributed by atoms with Gasteiger partial charge < -0.3 is 10.4 Å². The van der Waals surface area contributed by atoms with E-state index in [1.807, 2.05) is 0 Å². The average molecular weight is 167 g/mol. The number of hydrogen-bond donors (Lipinski definition) is 2. The van der Waals surface area contributed by atoms with E-state index in [1.165, 1.54) is 0 Å². The zero-order valence-corrected chi connectivity index (χ0v) is 6.92. The van der Waals surface area contributed by atoms with Gasteiger partial charge >= 0.3 is 0 Å². The molecule has 0 aromatic rings. The van der Waals surface area contributed by atoms with Crippen molar-refractivity contribution in [3.05, 3.63) is 0 Å². The van der Waals surface area contributed by atoms with Crippen LogP contribution in [0.5, 0.6) is 0 Å². The van der Waals surface area contributed by atoms with E-state index < -0.39 is 0 Å². The molecule has 0 bridgehead atoms. The highest BCUT2D eigenvalue weighted by Gasteiger charge is 2.26. The molecule has 0 aromatic carbocycles. The maximum atomic E-state index is 10.9. The van der Waals surface area contributed by atoms with Crippen LogP contribution >= 0.6 is 0 Å². The lowest BCUT2D eigenvalue weighted by Crippen LogP contribution is -2.38. The lowest BCUT2D eigenvalue weighted by atomic mass is 9.82. The molecule has 2 N–H and O–H groups in total. The Morgan fingerprint density at radius 2 is 2.33 bits per heavy atom. The molecule has 1 saturated carbocycles. The van der Waals surface area contributed by atoms with Crippen LogP contribution in [0.25, 0.3) is 0 Å². The largest absolute Gasteiger partial charge is 0.393 e. The summed E-state index contributed by atoms with van der Waals surface area (Å²) in [4.78, 5) is 10.9. The molecule has 0 atom stereocenters. The molecule has 0 heterocycles. The fraction of sp³-hybridized carbons (Fsp3) is 0.667. The highest BCUT2D eigenvalue weighted by Crippen LogP contribution is 2.25. The summed E-state index contributed by atoms with van der Waals surface area (Å²) in [5.41, 5.74) is 0. The molecule has 3 heteroatoms. The van der Waals surface area contributed by atoms with Gasteiger partial charge in [-0.05, 0) is 18.8 Å². The number of rotatable bonds is 3. The quantitative estimate of drug-likeness (QED) is 0.576. The first-order valence-electron chi connectivity index (χ1n) is 4.10. The molecule has 1 aliphatic rings. The van der Waals surface area contributed by atoms with E-state index in [2.05, 4.69) is 11.2 Å². The zero-order valence-electron chi connectivity index (χ0n) is 6.92. The van der Waals surface area contributed by atoms with Crippen LogP contribution in [0.1, 0.15) is 19.3 Å². The number of amides is 1. The summed E-state index contributed by atoms with van der Waals surface area (Å²) < 4.78 is 0. The Kier molecular flexibility index (Phi) is 3.12. The lowest BCUT2D eigenvalue weighted by molar-refractivity contribution is -0.120. The molecule has 0 spiro atoms. The van der Waals surface area contributed by atoms with Gasteiger partial charge in [0.1, 0.15) is 0 Å². The van der Waals surface area contributed by atoms with Crippen molar-refractivity contribution in [2.75, 3.05) is 6.54 Å². The highest BCUT2D eigenvalue weighted by molar-refractivity contribution is 5.78. The standard InChI is InChI=1S/C9H13NO2/c1-2-3-9(12)10-6-7-4-8(11)5-7/h1,7-8,11H,3-6H2,(H,10,12). The van der Waals surface area contributed by atoms with Crippen molar-refractivity contribution in [2.24, 2.45) is 5.92 Å². The first-order chi connectivity index (χ1) is 5.72. The highest BCUT2D eigenvalue weighted by atomic mass is 16.3. The van der Waals surface area contributed by atoms with Crippen molar-refractivity contribution >= 4 is 5.91 Å². The van der Waals surface area contributed by atoms with Crippen LogP contribution in [0, 0.1) is 18.3 Å². The second-order valence-corrected chi connectivity index (χ2v) is 3.18. The number of aliphatic hydroxyl groups is 1. The van der Waals surface area contributed by atoms with Crippen LogP contribution < -0.4 is 5.32 Å².